The third-order valence-electron chi connectivity index (χ3n) is 6.12. The van der Waals surface area contributed by atoms with Crippen LogP contribution in [0.25, 0.3) is 16.7 Å². The second-order valence-electron chi connectivity index (χ2n) is 9.50. The van der Waals surface area contributed by atoms with Gasteiger partial charge in [0, 0.05) is 22.4 Å². The van der Waals surface area contributed by atoms with E-state index in [1.54, 1.807) is 6.07 Å². The molecule has 0 radical (unpaired) electrons. The zero-order valence-electron chi connectivity index (χ0n) is 20.3. The van der Waals surface area contributed by atoms with Crippen molar-refractivity contribution in [3.63, 3.8) is 0 Å². The number of thioether (sulfide) groups is 1. The standard InChI is InChI=1S/C27H28F3NO3S/c1-15-10-23(35-14-15)25(32)34-13-20-18(7-8-21-24(20)16(2)12-26(3,4)31-21)19-11-17(27(28,29)30)6-9-22(19)33-5/h6-9,11-12,14,23,31H,10,13H2,1-5H3. The molecular formula is C27H28F3NO3S. The van der Waals surface area contributed by atoms with Gasteiger partial charge in [-0.15, -0.1) is 11.8 Å². The maximum absolute atomic E-state index is 13.6. The third-order valence-corrected chi connectivity index (χ3v) is 7.35. The lowest BCUT2D eigenvalue weighted by Gasteiger charge is -2.33. The molecular weight excluding hydrogens is 475 g/mol. The molecule has 1 atom stereocenters. The number of rotatable bonds is 5. The highest BCUT2D eigenvalue weighted by Gasteiger charge is 2.33. The summed E-state index contributed by atoms with van der Waals surface area (Å²) in [7, 11) is 1.42. The molecule has 0 fully saturated rings. The SMILES string of the molecule is COc1ccc(C(F)(F)F)cc1-c1ccc2c(c1COC(=O)C1CC(C)=CS1)C(C)=CC(C)(C)N2. The van der Waals surface area contributed by atoms with Gasteiger partial charge in [-0.3, -0.25) is 4.79 Å². The number of benzene rings is 2. The van der Waals surface area contributed by atoms with Crippen molar-refractivity contribution < 1.29 is 27.4 Å². The van der Waals surface area contributed by atoms with Crippen LogP contribution in [-0.2, 0) is 22.3 Å². The molecule has 0 saturated heterocycles. The van der Waals surface area contributed by atoms with Gasteiger partial charge in [-0.05, 0) is 74.9 Å². The summed E-state index contributed by atoms with van der Waals surface area (Å²) in [6, 6.07) is 7.03. The van der Waals surface area contributed by atoms with Gasteiger partial charge in [-0.25, -0.2) is 0 Å². The minimum Gasteiger partial charge on any atom is -0.496 e. The molecule has 2 aromatic carbocycles. The quantitative estimate of drug-likeness (QED) is 0.430. The Morgan fingerprint density at radius 2 is 1.91 bits per heavy atom. The Hall–Kier alpha value is -2.87. The number of alkyl halides is 3. The molecule has 2 heterocycles. The summed E-state index contributed by atoms with van der Waals surface area (Å²) in [5, 5.41) is 5.10. The van der Waals surface area contributed by atoms with Crippen LogP contribution in [0, 0.1) is 0 Å². The fourth-order valence-electron chi connectivity index (χ4n) is 4.66. The number of carbonyl (C=O) groups excluding carboxylic acids is 1. The highest BCUT2D eigenvalue weighted by Crippen LogP contribution is 2.44. The van der Waals surface area contributed by atoms with Crippen LogP contribution in [0.4, 0.5) is 18.9 Å². The maximum atomic E-state index is 13.6. The van der Waals surface area contributed by atoms with Crippen LogP contribution < -0.4 is 10.1 Å². The Morgan fingerprint density at radius 1 is 1.17 bits per heavy atom. The fourth-order valence-corrected chi connectivity index (χ4v) is 5.69. The van der Waals surface area contributed by atoms with Crippen molar-refractivity contribution in [3.8, 4) is 16.9 Å². The Morgan fingerprint density at radius 3 is 2.54 bits per heavy atom. The minimum atomic E-state index is -4.51. The topological polar surface area (TPSA) is 47.6 Å². The monoisotopic (exact) mass is 503 g/mol. The lowest BCUT2D eigenvalue weighted by Crippen LogP contribution is -2.32. The lowest BCUT2D eigenvalue weighted by molar-refractivity contribution is -0.144. The van der Waals surface area contributed by atoms with E-state index in [1.807, 2.05) is 39.2 Å². The summed E-state index contributed by atoms with van der Waals surface area (Å²) in [5.74, 6) is -0.0316. The van der Waals surface area contributed by atoms with Crippen molar-refractivity contribution in [1.29, 1.82) is 0 Å². The van der Waals surface area contributed by atoms with E-state index in [-0.39, 0.29) is 23.4 Å². The van der Waals surface area contributed by atoms with E-state index in [2.05, 4.69) is 11.4 Å². The molecule has 2 aliphatic heterocycles. The van der Waals surface area contributed by atoms with Gasteiger partial charge in [-0.2, -0.15) is 13.2 Å². The molecule has 0 amide bonds. The van der Waals surface area contributed by atoms with Crippen molar-refractivity contribution >= 4 is 29.0 Å². The molecule has 0 spiro atoms. The van der Waals surface area contributed by atoms with Crippen molar-refractivity contribution in [2.45, 2.75) is 57.7 Å². The number of allylic oxidation sites excluding steroid dienone is 2. The van der Waals surface area contributed by atoms with Gasteiger partial charge in [0.2, 0.25) is 0 Å². The number of hydrogen-bond donors (Lipinski definition) is 1. The second-order valence-corrected chi connectivity index (χ2v) is 10.6. The molecule has 0 aliphatic carbocycles. The number of methoxy groups -OCH3 is 1. The molecule has 1 unspecified atom stereocenters. The summed E-state index contributed by atoms with van der Waals surface area (Å²) in [6.07, 6.45) is -1.82. The van der Waals surface area contributed by atoms with Crippen molar-refractivity contribution in [1.82, 2.24) is 0 Å². The Bertz CT molecular complexity index is 1230. The molecule has 4 nitrogen and oxygen atoms in total. The summed E-state index contributed by atoms with van der Waals surface area (Å²) in [6.45, 7) is 7.93. The molecule has 0 aromatic heterocycles. The van der Waals surface area contributed by atoms with E-state index in [0.717, 1.165) is 34.5 Å². The summed E-state index contributed by atoms with van der Waals surface area (Å²) in [4.78, 5) is 12.8. The lowest BCUT2D eigenvalue weighted by atomic mass is 9.85. The zero-order valence-corrected chi connectivity index (χ0v) is 21.1. The molecule has 0 saturated carbocycles. The van der Waals surface area contributed by atoms with Gasteiger partial charge in [0.05, 0.1) is 18.2 Å². The van der Waals surface area contributed by atoms with E-state index >= 15 is 0 Å². The normalized spacial score (nSPS) is 18.8. The first-order valence-corrected chi connectivity index (χ1v) is 12.2. The number of halogens is 3. The van der Waals surface area contributed by atoms with Crippen LogP contribution in [-0.4, -0.2) is 23.9 Å². The minimum absolute atomic E-state index is 0.0693. The third kappa shape index (κ3) is 5.22. The number of esters is 1. The fraction of sp³-hybridized carbons (Fsp3) is 0.370. The molecule has 2 aromatic rings. The number of ether oxygens (including phenoxy) is 2. The molecule has 35 heavy (non-hydrogen) atoms. The van der Waals surface area contributed by atoms with Crippen LogP contribution in [0.15, 0.2) is 47.4 Å². The van der Waals surface area contributed by atoms with Gasteiger partial charge in [0.1, 0.15) is 17.6 Å². The van der Waals surface area contributed by atoms with Crippen LogP contribution in [0.3, 0.4) is 0 Å². The van der Waals surface area contributed by atoms with Gasteiger partial charge >= 0.3 is 12.1 Å². The van der Waals surface area contributed by atoms with E-state index < -0.39 is 11.7 Å². The molecule has 4 rings (SSSR count). The van der Waals surface area contributed by atoms with Crippen molar-refractivity contribution in [2.75, 3.05) is 12.4 Å². The molecule has 0 bridgehead atoms. The Kier molecular flexibility index (Phi) is 6.70. The van der Waals surface area contributed by atoms with Gasteiger partial charge < -0.3 is 14.8 Å². The summed E-state index contributed by atoms with van der Waals surface area (Å²) >= 11 is 1.43. The van der Waals surface area contributed by atoms with Gasteiger partial charge in [-0.1, -0.05) is 17.7 Å². The largest absolute Gasteiger partial charge is 0.496 e. The Balaban J connectivity index is 1.83. The van der Waals surface area contributed by atoms with Crippen LogP contribution >= 0.6 is 11.8 Å². The first-order chi connectivity index (χ1) is 16.4. The van der Waals surface area contributed by atoms with Crippen LogP contribution in [0.5, 0.6) is 5.75 Å². The second kappa shape index (κ2) is 9.30. The molecule has 1 N–H and O–H groups in total. The average molecular weight is 504 g/mol. The van der Waals surface area contributed by atoms with Crippen LogP contribution in [0.1, 0.15) is 50.8 Å². The predicted octanol–water partition coefficient (Wildman–Crippen LogP) is 7.44. The highest BCUT2D eigenvalue weighted by molar-refractivity contribution is 8.03. The van der Waals surface area contributed by atoms with E-state index in [1.165, 1.54) is 24.9 Å². The number of fused-ring (bicyclic) bond motifs is 1. The van der Waals surface area contributed by atoms with E-state index in [4.69, 9.17) is 9.47 Å². The smallest absolute Gasteiger partial charge is 0.416 e. The molecule has 2 aliphatic rings. The number of hydrogen-bond acceptors (Lipinski definition) is 5. The van der Waals surface area contributed by atoms with E-state index in [9.17, 15) is 18.0 Å². The first-order valence-electron chi connectivity index (χ1n) is 11.3. The molecule has 186 valence electrons. The highest BCUT2D eigenvalue weighted by atomic mass is 32.2. The first kappa shape index (κ1) is 25.2. The van der Waals surface area contributed by atoms with Crippen molar-refractivity contribution in [2.24, 2.45) is 0 Å². The maximum Gasteiger partial charge on any atom is 0.416 e. The van der Waals surface area contributed by atoms with E-state index in [0.29, 0.717) is 28.9 Å². The Labute approximate surface area is 207 Å². The summed E-state index contributed by atoms with van der Waals surface area (Å²) < 4.78 is 51.9. The number of nitrogens with one attached hydrogen (secondary N) is 1. The predicted molar refractivity (Wildman–Crippen MR) is 134 cm³/mol. The van der Waals surface area contributed by atoms with Gasteiger partial charge in [0.15, 0.2) is 0 Å². The van der Waals surface area contributed by atoms with Gasteiger partial charge in [0.25, 0.3) is 0 Å². The zero-order chi connectivity index (χ0) is 25.5. The molecule has 8 heteroatoms. The number of carbonyl (C=O) groups is 1. The average Bonchev–Trinajstić information content (AvgIpc) is 3.21. The number of anilines is 1. The van der Waals surface area contributed by atoms with Crippen LogP contribution in [0.2, 0.25) is 0 Å². The van der Waals surface area contributed by atoms with Crippen molar-refractivity contribution in [3.05, 3.63) is 64.1 Å². The summed E-state index contributed by atoms with van der Waals surface area (Å²) in [5.41, 5.74) is 4.12.